The lowest BCUT2D eigenvalue weighted by molar-refractivity contribution is -0.326. The predicted molar refractivity (Wildman–Crippen MR) is 574 cm³/mol. The molecular weight excluding hydrogens is 1890 g/mol. The fraction of sp³-hybridized carbons (Fsp3) is 0.843. The lowest BCUT2D eigenvalue weighted by Gasteiger charge is -2.69. The summed E-state index contributed by atoms with van der Waals surface area (Å²) < 4.78 is 116. The van der Waals surface area contributed by atoms with Crippen molar-refractivity contribution in [1.82, 2.24) is 31.9 Å². The van der Waals surface area contributed by atoms with Gasteiger partial charge in [-0.25, -0.2) is 0 Å². The second-order valence-electron chi connectivity index (χ2n) is 59.1. The molecule has 1 atom stereocenters. The van der Waals surface area contributed by atoms with Gasteiger partial charge in [0.15, 0.2) is 34.7 Å². The molecule has 12 fully saturated rings. The second-order valence-corrected chi connectivity index (χ2v) is 61.1. The molecule has 3 aromatic carbocycles. The van der Waals surface area contributed by atoms with Crippen molar-refractivity contribution < 1.29 is 99.8 Å². The molecule has 0 aromatic heterocycles. The van der Waals surface area contributed by atoms with Crippen LogP contribution in [0.2, 0.25) is 0 Å². The zero-order chi connectivity index (χ0) is 107. The molecule has 12 heterocycles. The first-order chi connectivity index (χ1) is 66.1. The van der Waals surface area contributed by atoms with E-state index in [0.717, 1.165) is 50.1 Å². The Kier molecular flexibility index (Phi) is 32.0. The first-order valence-corrected chi connectivity index (χ1v) is 58.1. The van der Waals surface area contributed by atoms with Gasteiger partial charge in [0.05, 0.1) is 79.3 Å². The highest BCUT2D eigenvalue weighted by Gasteiger charge is 2.72. The highest BCUT2D eigenvalue weighted by atomic mass is 31.2. The number of nitrogens with one attached hydrogen (secondary N) is 6. The van der Waals surface area contributed by atoms with Crippen molar-refractivity contribution in [2.24, 2.45) is 46.8 Å². The minimum absolute atomic E-state index is 0.245. The Hall–Kier alpha value is -2.61. The Bertz CT molecular complexity index is 4730. The Morgan fingerprint density at radius 2 is 0.441 bits per heavy atom. The van der Waals surface area contributed by atoms with E-state index in [1.165, 1.54) is 0 Å². The lowest BCUT2D eigenvalue weighted by Crippen LogP contribution is -2.69. The fourth-order valence-corrected chi connectivity index (χ4v) is 33.7. The van der Waals surface area contributed by atoms with E-state index in [9.17, 15) is 29.4 Å². The third-order valence-corrected chi connectivity index (χ3v) is 35.1. The zero-order valence-corrected chi connectivity index (χ0v) is 98.6. The summed E-state index contributed by atoms with van der Waals surface area (Å²) in [6.07, 6.45) is 9.17. The van der Waals surface area contributed by atoms with Crippen LogP contribution < -0.4 is 45.5 Å². The maximum Gasteiger partial charge on any atom is 0.391 e. The summed E-state index contributed by atoms with van der Waals surface area (Å²) in [5.74, 6) is -8.16. The molecule has 0 bridgehead atoms. The smallest absolute Gasteiger partial charge is 0.391 e. The van der Waals surface area contributed by atoms with Crippen LogP contribution >= 0.6 is 25.8 Å². The molecule has 30 heteroatoms. The Labute approximate surface area is 875 Å². The number of ether oxygens (including phenoxy) is 12. The van der Waals surface area contributed by atoms with Gasteiger partial charge in [0.25, 0.3) is 0 Å². The number of hydrogen-bond donors (Lipinski definition) is 12. The van der Waals surface area contributed by atoms with Crippen LogP contribution in [0.25, 0.3) is 0 Å². The van der Waals surface area contributed by atoms with Crippen molar-refractivity contribution in [3.63, 3.8) is 0 Å². The molecule has 12 aliphatic rings. The third kappa shape index (κ3) is 25.9. The summed E-state index contributed by atoms with van der Waals surface area (Å²) in [4.78, 5) is 70.5. The molecule has 824 valence electrons. The van der Waals surface area contributed by atoms with E-state index in [-0.39, 0.29) is 93.3 Å². The maximum absolute atomic E-state index is 11.8. The van der Waals surface area contributed by atoms with Gasteiger partial charge in [-0.3, -0.25) is 0 Å². The van der Waals surface area contributed by atoms with Gasteiger partial charge < -0.3 is 132 Å². The van der Waals surface area contributed by atoms with Crippen LogP contribution in [0.4, 0.5) is 0 Å². The summed E-state index contributed by atoms with van der Waals surface area (Å²) in [5, 5.41) is 23.9. The predicted octanol–water partition coefficient (Wildman–Crippen LogP) is 21.2. The molecule has 27 nitrogen and oxygen atoms in total. The Morgan fingerprint density at radius 1 is 0.262 bits per heavy atom. The van der Waals surface area contributed by atoms with Crippen LogP contribution in [0.5, 0.6) is 17.2 Å². The van der Waals surface area contributed by atoms with Gasteiger partial charge in [-0.2, -0.15) is 0 Å². The van der Waals surface area contributed by atoms with E-state index in [0.29, 0.717) is 153 Å². The van der Waals surface area contributed by atoms with Crippen molar-refractivity contribution >= 4 is 25.8 Å². The average Bonchev–Trinajstić information content (AvgIpc) is 0.662. The van der Waals surface area contributed by atoms with E-state index in [2.05, 4.69) is 318 Å². The molecule has 6 spiro atoms. The van der Waals surface area contributed by atoms with Crippen molar-refractivity contribution in [3.8, 4) is 17.2 Å². The average molecular weight is 2090 g/mol. The molecule has 15 rings (SSSR count). The van der Waals surface area contributed by atoms with Gasteiger partial charge in [-0.1, -0.05) is 80.5 Å². The quantitative estimate of drug-likeness (QED) is 0.0371. The minimum atomic E-state index is -3.02. The van der Waals surface area contributed by atoms with Crippen LogP contribution in [0, 0.1) is 67.6 Å². The topological polar surface area (TPSA) is 332 Å². The van der Waals surface area contributed by atoms with E-state index >= 15 is 0 Å². The normalized spacial score (nSPS) is 27.5. The van der Waals surface area contributed by atoms with Crippen LogP contribution in [0.1, 0.15) is 394 Å². The van der Waals surface area contributed by atoms with Crippen molar-refractivity contribution in [3.05, 3.63) is 86.5 Å². The van der Waals surface area contributed by atoms with E-state index < -0.39 is 167 Å². The molecule has 145 heavy (non-hydrogen) atoms. The summed E-state index contributed by atoms with van der Waals surface area (Å²) in [5.41, 5.74) is -4.38. The van der Waals surface area contributed by atoms with Crippen molar-refractivity contribution in [1.29, 1.82) is 0 Å². The minimum Gasteiger partial charge on any atom is -0.427 e. The fourth-order valence-electron chi connectivity index (χ4n) is 32.7. The van der Waals surface area contributed by atoms with Gasteiger partial charge in [0.1, 0.15) is 17.2 Å². The van der Waals surface area contributed by atoms with Gasteiger partial charge in [0, 0.05) is 207 Å². The SMILES string of the molecule is Cc1cc(OP(O)O)c(C(C)(C)C)cc1C(CC1COC2(CC(C)(C)NC(C)(C)C2)OC1)(c1cc(C(C)(C)C)c(OP(O)O)cc1C)C(CC1COC2(CC(C)(C)NC(C)(C)C2)OC1)(CC1COC2(CC(C)(C)NC(C)(C)C2)OC1)C(CC1COC2(CC(C)(C)NC(C)(C)C2)OC1)(c1cc(C(C)(C)C)c(OP(O)O)cc1C)C(CC1COC2(CC(C)(C)NC(C)(C)C2)OC1)CC1COC2(CC(C)(C)NC(C)(C)C2)OC1. The first-order valence-electron chi connectivity index (χ1n) is 54.6. The van der Waals surface area contributed by atoms with Crippen molar-refractivity contribution in [2.45, 2.75) is 493 Å². The van der Waals surface area contributed by atoms with Gasteiger partial charge >= 0.3 is 25.8 Å². The summed E-state index contributed by atoms with van der Waals surface area (Å²) in [6.45, 7) is 83.8. The summed E-state index contributed by atoms with van der Waals surface area (Å²) >= 11 is 0. The second kappa shape index (κ2) is 39.9. The summed E-state index contributed by atoms with van der Waals surface area (Å²) in [7, 11) is -9.07. The molecule has 12 N–H and O–H groups in total. The number of rotatable bonds is 24. The molecule has 0 amide bonds. The number of aryl methyl sites for hydroxylation is 3. The van der Waals surface area contributed by atoms with Crippen LogP contribution in [-0.4, -0.2) is 210 Å². The van der Waals surface area contributed by atoms with E-state index in [4.69, 9.17) is 70.4 Å². The molecular formula is C115H193N6O21P3. The monoisotopic (exact) mass is 2090 g/mol. The zero-order valence-electron chi connectivity index (χ0n) is 95.9. The van der Waals surface area contributed by atoms with Crippen LogP contribution in [0.3, 0.4) is 0 Å². The molecule has 12 saturated heterocycles. The molecule has 0 radical (unpaired) electrons. The molecule has 1 unspecified atom stereocenters. The van der Waals surface area contributed by atoms with E-state index in [1.807, 2.05) is 0 Å². The van der Waals surface area contributed by atoms with Crippen molar-refractivity contribution in [2.75, 3.05) is 79.3 Å². The molecule has 0 saturated carbocycles. The first kappa shape index (κ1) is 116. The largest absolute Gasteiger partial charge is 0.427 e. The Balaban J connectivity index is 1.18. The Morgan fingerprint density at radius 3 is 0.641 bits per heavy atom. The van der Waals surface area contributed by atoms with Gasteiger partial charge in [-0.15, -0.1) is 0 Å². The van der Waals surface area contributed by atoms with Gasteiger partial charge in [-0.05, 0) is 305 Å². The molecule has 3 aromatic rings. The lowest BCUT2D eigenvalue weighted by atomic mass is 9.35. The van der Waals surface area contributed by atoms with Gasteiger partial charge in [0.2, 0.25) is 0 Å². The highest BCUT2D eigenvalue weighted by molar-refractivity contribution is 7.40. The van der Waals surface area contributed by atoms with E-state index in [1.54, 1.807) is 0 Å². The maximum atomic E-state index is 11.8. The standard InChI is InChI=1S/C115H193N6O21P3/c1-73-37-89(140-143(122)123)86(92(4,5)6)42-83(73)114(47-80-57-136-112(137-58-80)69-103(29,30)120-104(31,32)70-112,82(40-76-49-128-108(129-50-76)61-95(13,14)116-96(15,16)62-108)41-77-51-130-109(131-52-77)63-97(17,18)117-98(19,20)64-109)107(45-78-53-132-110(133-54-78)65-99(21,22)118-100(23,24)66-110,46-79-55-134-111(135-56-79)67-101(25,26)119-102(27,28)68-111)115(84-43-87(93(7,8)9)90(38-74(84)2)141-144(124)125,85-44-88(94(10,11)12)91(39-75(85)3)142-145(126)127)48-81-59-138-113(139-60-81)71-105(33,34)121-106(35,36)72-113/h37-39,42-44,76-82,116-127H,40-41,45-72H2,1-36H3. The number of hydrogen-bond acceptors (Lipinski definition) is 27. The third-order valence-electron chi connectivity index (χ3n) is 34.0. The number of benzene rings is 3. The highest BCUT2D eigenvalue weighted by Crippen LogP contribution is 2.74. The van der Waals surface area contributed by atoms with Crippen LogP contribution in [0.15, 0.2) is 36.4 Å². The molecule has 0 aliphatic carbocycles. The summed E-state index contributed by atoms with van der Waals surface area (Å²) in [6, 6.07) is 13.5. The molecule has 12 aliphatic heterocycles. The number of piperidine rings is 6. The van der Waals surface area contributed by atoms with Crippen LogP contribution in [-0.2, 0) is 83.9 Å².